The van der Waals surface area contributed by atoms with E-state index in [1.165, 1.54) is 0 Å². The molecule has 0 aliphatic carbocycles. The van der Waals surface area contributed by atoms with E-state index in [0.717, 1.165) is 11.3 Å². The Morgan fingerprint density at radius 3 is 2.18 bits per heavy atom. The number of hydrogen-bond donors (Lipinski definition) is 0. The van der Waals surface area contributed by atoms with Gasteiger partial charge in [0.1, 0.15) is 0 Å². The lowest BCUT2D eigenvalue weighted by Crippen LogP contribution is -2.41. The van der Waals surface area contributed by atoms with Crippen LogP contribution in [0.5, 0.6) is 0 Å². The van der Waals surface area contributed by atoms with Gasteiger partial charge in [0.05, 0.1) is 26.3 Å². The number of benzene rings is 3. The predicted molar refractivity (Wildman–Crippen MR) is 120 cm³/mol. The summed E-state index contributed by atoms with van der Waals surface area (Å²) in [6.45, 7) is 7.31. The minimum absolute atomic E-state index is 0.0188. The van der Waals surface area contributed by atoms with Crippen LogP contribution >= 0.6 is 11.3 Å². The van der Waals surface area contributed by atoms with Crippen LogP contribution in [-0.2, 0) is 9.31 Å². The molecule has 0 spiro atoms. The highest BCUT2D eigenvalue weighted by Crippen LogP contribution is 2.38. The van der Waals surface area contributed by atoms with Crippen molar-refractivity contribution in [2.75, 3.05) is 0 Å². The Kier molecular flexibility index (Phi) is 2.11. The SMILES string of the molecule is [2H]c1c([2H])c([2H])c(-c2c([2H])c([2H])c3sc4c([2H])c(B5OC(C)(C)C(C)(C)O5)c([2H])c([2H])c4c3c2[2H])c([2H])c1[2H]. The maximum atomic E-state index is 8.98. The summed E-state index contributed by atoms with van der Waals surface area (Å²) >= 11 is 0.933. The van der Waals surface area contributed by atoms with Crippen LogP contribution in [-0.4, -0.2) is 18.3 Å². The third kappa shape index (κ3) is 2.79. The lowest BCUT2D eigenvalue weighted by Gasteiger charge is -2.32. The van der Waals surface area contributed by atoms with Crippen molar-refractivity contribution in [1.82, 2.24) is 0 Å². The second kappa shape index (κ2) is 6.18. The van der Waals surface area contributed by atoms with Gasteiger partial charge in [0.15, 0.2) is 0 Å². The highest BCUT2D eigenvalue weighted by molar-refractivity contribution is 7.25. The summed E-state index contributed by atoms with van der Waals surface area (Å²) < 4.78 is 106. The van der Waals surface area contributed by atoms with Crippen LogP contribution in [0.2, 0.25) is 0 Å². The van der Waals surface area contributed by atoms with Gasteiger partial charge in [-0.05, 0) is 62.4 Å². The molecular weight excluding hydrogens is 363 g/mol. The molecule has 3 aromatic carbocycles. The molecule has 1 aliphatic heterocycles. The van der Waals surface area contributed by atoms with E-state index in [9.17, 15) is 0 Å². The number of rotatable bonds is 2. The average Bonchev–Trinajstić information content (AvgIpc) is 3.36. The van der Waals surface area contributed by atoms with E-state index < -0.39 is 60.6 Å². The third-order valence-corrected chi connectivity index (χ3v) is 6.29. The molecule has 0 unspecified atom stereocenters. The van der Waals surface area contributed by atoms with Crippen molar-refractivity contribution < 1.29 is 24.4 Å². The van der Waals surface area contributed by atoms with Crippen LogP contribution in [0.15, 0.2) is 66.5 Å². The average molecular weight is 397 g/mol. The van der Waals surface area contributed by atoms with Gasteiger partial charge in [0.2, 0.25) is 0 Å². The molecule has 140 valence electrons. The topological polar surface area (TPSA) is 18.5 Å². The Bertz CT molecular complexity index is 1700. The Labute approximate surface area is 185 Å². The van der Waals surface area contributed by atoms with Crippen molar-refractivity contribution in [2.24, 2.45) is 0 Å². The Balaban J connectivity index is 1.88. The van der Waals surface area contributed by atoms with Gasteiger partial charge < -0.3 is 9.31 Å². The quantitative estimate of drug-likeness (QED) is 0.385. The van der Waals surface area contributed by atoms with E-state index >= 15 is 0 Å². The molecule has 0 bridgehead atoms. The summed E-state index contributed by atoms with van der Waals surface area (Å²) in [5.41, 5.74) is -2.18. The van der Waals surface area contributed by atoms with Crippen molar-refractivity contribution in [3.63, 3.8) is 0 Å². The highest BCUT2D eigenvalue weighted by Gasteiger charge is 2.51. The second-order valence-corrected chi connectivity index (χ2v) is 8.66. The second-order valence-electron chi connectivity index (χ2n) is 7.64. The van der Waals surface area contributed by atoms with E-state index in [1.807, 2.05) is 27.7 Å². The van der Waals surface area contributed by atoms with Gasteiger partial charge in [-0.2, -0.15) is 0 Å². The van der Waals surface area contributed by atoms with Crippen molar-refractivity contribution in [2.45, 2.75) is 38.9 Å². The fraction of sp³-hybridized carbons (Fsp3) is 0.250. The molecule has 0 radical (unpaired) electrons. The summed E-state index contributed by atoms with van der Waals surface area (Å²) in [6.07, 6.45) is 0. The highest BCUT2D eigenvalue weighted by atomic mass is 32.1. The molecule has 1 saturated heterocycles. The summed E-state index contributed by atoms with van der Waals surface area (Å²) in [4.78, 5) is 0. The van der Waals surface area contributed by atoms with Crippen LogP contribution in [0.4, 0.5) is 0 Å². The molecule has 4 aromatic rings. The molecule has 5 rings (SSSR count). The van der Waals surface area contributed by atoms with Crippen LogP contribution in [0, 0.1) is 0 Å². The zero-order valence-electron chi connectivity index (χ0n) is 26.8. The van der Waals surface area contributed by atoms with Gasteiger partial charge in [-0.15, -0.1) is 11.3 Å². The van der Waals surface area contributed by atoms with Gasteiger partial charge in [-0.1, -0.05) is 48.3 Å². The Hall–Kier alpha value is -2.14. The summed E-state index contributed by atoms with van der Waals surface area (Å²) in [5, 5.41) is 0.0719. The smallest absolute Gasteiger partial charge is 0.399 e. The van der Waals surface area contributed by atoms with Crippen LogP contribution in [0.3, 0.4) is 0 Å². The van der Waals surface area contributed by atoms with E-state index in [0.29, 0.717) is 0 Å². The molecule has 2 nitrogen and oxygen atoms in total. The van der Waals surface area contributed by atoms with Gasteiger partial charge in [0, 0.05) is 20.2 Å². The first kappa shape index (κ1) is 9.58. The lowest BCUT2D eigenvalue weighted by atomic mass is 9.79. The van der Waals surface area contributed by atoms with Gasteiger partial charge in [-0.3, -0.25) is 0 Å². The zero-order valence-corrected chi connectivity index (χ0v) is 16.6. The van der Waals surface area contributed by atoms with Crippen LogP contribution < -0.4 is 5.46 Å². The molecule has 0 atom stereocenters. The van der Waals surface area contributed by atoms with E-state index in [-0.39, 0.29) is 60.9 Å². The maximum absolute atomic E-state index is 8.98. The zero-order chi connectivity index (χ0) is 29.1. The number of hydrogen-bond acceptors (Lipinski definition) is 3. The molecule has 0 amide bonds. The maximum Gasteiger partial charge on any atom is 0.494 e. The molecule has 1 aliphatic rings. The Morgan fingerprint density at radius 1 is 0.750 bits per heavy atom. The minimum atomic E-state index is -1.09. The molecule has 0 N–H and O–H groups in total. The fourth-order valence-electron chi connectivity index (χ4n) is 2.98. The summed E-state index contributed by atoms with van der Waals surface area (Å²) in [7, 11) is -1.09. The first-order valence-corrected chi connectivity index (χ1v) is 9.64. The van der Waals surface area contributed by atoms with Crippen molar-refractivity contribution in [1.29, 1.82) is 0 Å². The summed E-state index contributed by atoms with van der Waals surface area (Å²) in [6, 6.07) is -5.22. The minimum Gasteiger partial charge on any atom is -0.399 e. The van der Waals surface area contributed by atoms with Crippen molar-refractivity contribution in [3.05, 3.63) is 66.5 Å². The van der Waals surface area contributed by atoms with E-state index in [1.54, 1.807) is 0 Å². The standard InChI is InChI=1S/C24H23BO2S/c1-23(2)24(3,4)27-25(26-23)18-11-12-19-20-14-17(16-8-6-5-7-9-16)10-13-21(20)28-22(19)15-18/h5-15H,1-4H3/i5D,6D,7D,8D,9D,10D,11D,12D,13D,14D,15D. The van der Waals surface area contributed by atoms with E-state index in [4.69, 9.17) is 24.4 Å². The lowest BCUT2D eigenvalue weighted by molar-refractivity contribution is 0.00578. The third-order valence-electron chi connectivity index (χ3n) is 5.27. The van der Waals surface area contributed by atoms with Crippen molar-refractivity contribution in [3.8, 4) is 11.1 Å². The molecule has 1 fully saturated rings. The molecular formula is C24H23BO2S. The number of fused-ring (bicyclic) bond motifs is 3. The number of thiophene rings is 1. The first-order chi connectivity index (χ1) is 17.9. The van der Waals surface area contributed by atoms with Crippen molar-refractivity contribution >= 4 is 44.1 Å². The monoisotopic (exact) mass is 397 g/mol. The predicted octanol–water partition coefficient (Wildman–Crippen LogP) is 6.02. The van der Waals surface area contributed by atoms with Gasteiger partial charge in [0.25, 0.3) is 0 Å². The normalized spacial score (nSPS) is 23.7. The van der Waals surface area contributed by atoms with Gasteiger partial charge >= 0.3 is 7.12 Å². The van der Waals surface area contributed by atoms with Crippen LogP contribution in [0.25, 0.3) is 31.3 Å². The molecule has 1 aromatic heterocycles. The van der Waals surface area contributed by atoms with Gasteiger partial charge in [-0.25, -0.2) is 0 Å². The molecule has 28 heavy (non-hydrogen) atoms. The summed E-state index contributed by atoms with van der Waals surface area (Å²) in [5.74, 6) is 0. The molecule has 4 heteroatoms. The Morgan fingerprint density at radius 2 is 1.46 bits per heavy atom. The van der Waals surface area contributed by atoms with E-state index in [2.05, 4.69) is 0 Å². The fourth-order valence-corrected chi connectivity index (χ4v) is 3.96. The molecule has 0 saturated carbocycles. The largest absolute Gasteiger partial charge is 0.494 e. The van der Waals surface area contributed by atoms with Crippen LogP contribution in [0.1, 0.15) is 42.8 Å². The first-order valence-electron chi connectivity index (χ1n) is 14.3. The molecule has 2 heterocycles.